The number of nitrogens with one attached hydrogen (secondary N) is 1. The van der Waals surface area contributed by atoms with Gasteiger partial charge >= 0.3 is 0 Å². The van der Waals surface area contributed by atoms with Crippen molar-refractivity contribution in [2.24, 2.45) is 0 Å². The summed E-state index contributed by atoms with van der Waals surface area (Å²) < 4.78 is 0. The van der Waals surface area contributed by atoms with Crippen molar-refractivity contribution in [3.63, 3.8) is 0 Å². The fourth-order valence-corrected chi connectivity index (χ4v) is 1.16. The zero-order valence-corrected chi connectivity index (χ0v) is 9.15. The van der Waals surface area contributed by atoms with Gasteiger partial charge in [-0.2, -0.15) is 0 Å². The van der Waals surface area contributed by atoms with Gasteiger partial charge in [-0.15, -0.1) is 0 Å². The van der Waals surface area contributed by atoms with Crippen LogP contribution in [0.1, 0.15) is 26.7 Å². The third kappa shape index (κ3) is 5.55. The van der Waals surface area contributed by atoms with E-state index in [2.05, 4.69) is 21.2 Å². The van der Waals surface area contributed by atoms with Crippen molar-refractivity contribution in [2.45, 2.75) is 32.3 Å². The summed E-state index contributed by atoms with van der Waals surface area (Å²) in [5, 5.41) is 12.5. The molecule has 0 aliphatic heterocycles. The predicted octanol–water partition coefficient (Wildman–Crippen LogP) is 1.05. The highest BCUT2D eigenvalue weighted by Gasteiger charge is 2.19. The molecule has 0 heterocycles. The van der Waals surface area contributed by atoms with E-state index in [1.807, 2.05) is 6.92 Å². The first-order chi connectivity index (χ1) is 5.52. The maximum absolute atomic E-state index is 10.8. The summed E-state index contributed by atoms with van der Waals surface area (Å²) in [6.07, 6.45) is 1.62. The van der Waals surface area contributed by atoms with Gasteiger partial charge < -0.3 is 10.4 Å². The third-order valence-electron chi connectivity index (χ3n) is 1.58. The summed E-state index contributed by atoms with van der Waals surface area (Å²) >= 11 is 3.03. The topological polar surface area (TPSA) is 49.3 Å². The van der Waals surface area contributed by atoms with Crippen LogP contribution in [0.3, 0.4) is 0 Å². The highest BCUT2D eigenvalue weighted by atomic mass is 79.9. The summed E-state index contributed by atoms with van der Waals surface area (Å²) in [5.41, 5.74) is -0.771. The summed E-state index contributed by atoms with van der Waals surface area (Å²) in [4.78, 5) is 10.8. The molecule has 4 heteroatoms. The standard InChI is InChI=1S/C8H16BrNO2/c1-3-4-8(2,12)6-10-7(11)5-9/h12H,3-6H2,1-2H3,(H,10,11). The van der Waals surface area contributed by atoms with E-state index in [4.69, 9.17) is 0 Å². The van der Waals surface area contributed by atoms with Crippen molar-refractivity contribution in [3.8, 4) is 0 Å². The van der Waals surface area contributed by atoms with Crippen LogP contribution < -0.4 is 5.32 Å². The Balaban J connectivity index is 3.67. The molecule has 1 atom stereocenters. The molecule has 0 aromatic rings. The van der Waals surface area contributed by atoms with Crippen LogP contribution in [-0.2, 0) is 4.79 Å². The molecule has 0 spiro atoms. The lowest BCUT2D eigenvalue weighted by molar-refractivity contribution is -0.119. The first-order valence-corrected chi connectivity index (χ1v) is 5.19. The van der Waals surface area contributed by atoms with Gasteiger partial charge in [0.15, 0.2) is 0 Å². The minimum atomic E-state index is -0.771. The van der Waals surface area contributed by atoms with E-state index in [0.717, 1.165) is 6.42 Å². The fourth-order valence-electron chi connectivity index (χ4n) is 0.963. The van der Waals surface area contributed by atoms with E-state index in [9.17, 15) is 9.90 Å². The SMILES string of the molecule is CCCC(C)(O)CNC(=O)CBr. The number of rotatable bonds is 5. The molecule has 72 valence electrons. The molecule has 1 amide bonds. The minimum absolute atomic E-state index is 0.0913. The van der Waals surface area contributed by atoms with E-state index < -0.39 is 5.60 Å². The number of amides is 1. The Hall–Kier alpha value is -0.0900. The molecule has 0 aliphatic rings. The van der Waals surface area contributed by atoms with Crippen molar-refractivity contribution in [2.75, 3.05) is 11.9 Å². The normalized spacial score (nSPS) is 15.3. The molecule has 12 heavy (non-hydrogen) atoms. The molecule has 0 saturated heterocycles. The summed E-state index contributed by atoms with van der Waals surface area (Å²) in [6.45, 7) is 4.05. The Bertz CT molecular complexity index is 148. The van der Waals surface area contributed by atoms with Crippen LogP contribution in [0.15, 0.2) is 0 Å². The summed E-state index contributed by atoms with van der Waals surface area (Å²) in [7, 11) is 0. The van der Waals surface area contributed by atoms with Crippen LogP contribution in [0.5, 0.6) is 0 Å². The third-order valence-corrected chi connectivity index (χ3v) is 2.09. The zero-order valence-electron chi connectivity index (χ0n) is 7.56. The van der Waals surface area contributed by atoms with Gasteiger partial charge in [-0.3, -0.25) is 4.79 Å². The molecule has 0 fully saturated rings. The summed E-state index contributed by atoms with van der Waals surface area (Å²) in [6, 6.07) is 0. The molecule has 0 aromatic heterocycles. The fraction of sp³-hybridized carbons (Fsp3) is 0.875. The van der Waals surface area contributed by atoms with Crippen molar-refractivity contribution in [1.29, 1.82) is 0 Å². The maximum atomic E-state index is 10.8. The quantitative estimate of drug-likeness (QED) is 0.703. The van der Waals surface area contributed by atoms with Crippen LogP contribution in [0.2, 0.25) is 0 Å². The zero-order chi connectivity index (χ0) is 9.61. The maximum Gasteiger partial charge on any atom is 0.230 e. The van der Waals surface area contributed by atoms with E-state index >= 15 is 0 Å². The largest absolute Gasteiger partial charge is 0.388 e. The van der Waals surface area contributed by atoms with Gasteiger partial charge in [0, 0.05) is 6.54 Å². The highest BCUT2D eigenvalue weighted by molar-refractivity contribution is 9.09. The van der Waals surface area contributed by atoms with E-state index in [1.165, 1.54) is 0 Å². The number of carbonyl (C=O) groups is 1. The second-order valence-corrected chi connectivity index (χ2v) is 3.72. The average Bonchev–Trinajstić information content (AvgIpc) is 2.00. The van der Waals surface area contributed by atoms with E-state index in [1.54, 1.807) is 6.92 Å². The molecule has 1 unspecified atom stereocenters. The average molecular weight is 238 g/mol. The second-order valence-electron chi connectivity index (χ2n) is 3.16. The highest BCUT2D eigenvalue weighted by Crippen LogP contribution is 2.09. The Kier molecular flexibility index (Phi) is 5.50. The monoisotopic (exact) mass is 237 g/mol. The van der Waals surface area contributed by atoms with Crippen molar-refractivity contribution in [3.05, 3.63) is 0 Å². The molecule has 3 nitrogen and oxygen atoms in total. The van der Waals surface area contributed by atoms with Gasteiger partial charge in [-0.25, -0.2) is 0 Å². The Morgan fingerprint density at radius 1 is 1.67 bits per heavy atom. The minimum Gasteiger partial charge on any atom is -0.388 e. The van der Waals surface area contributed by atoms with E-state index in [-0.39, 0.29) is 11.2 Å². The molecule has 2 N–H and O–H groups in total. The van der Waals surface area contributed by atoms with Crippen molar-refractivity contribution < 1.29 is 9.90 Å². The second kappa shape index (κ2) is 5.54. The van der Waals surface area contributed by atoms with Crippen LogP contribution in [0, 0.1) is 0 Å². The lowest BCUT2D eigenvalue weighted by Crippen LogP contribution is -2.40. The lowest BCUT2D eigenvalue weighted by Gasteiger charge is -2.22. The number of halogens is 1. The number of aliphatic hydroxyl groups is 1. The van der Waals surface area contributed by atoms with Crippen LogP contribution >= 0.6 is 15.9 Å². The smallest absolute Gasteiger partial charge is 0.230 e. The number of hydrogen-bond donors (Lipinski definition) is 2. The Morgan fingerprint density at radius 3 is 2.67 bits per heavy atom. The first kappa shape index (κ1) is 11.9. The molecule has 0 saturated carbocycles. The lowest BCUT2D eigenvalue weighted by atomic mass is 10.0. The van der Waals surface area contributed by atoms with Gasteiger partial charge in [0.1, 0.15) is 0 Å². The molecular formula is C8H16BrNO2. The van der Waals surface area contributed by atoms with Gasteiger partial charge in [-0.05, 0) is 13.3 Å². The van der Waals surface area contributed by atoms with Gasteiger partial charge in [0.2, 0.25) is 5.91 Å². The summed E-state index contributed by atoms with van der Waals surface area (Å²) in [5.74, 6) is -0.0913. The van der Waals surface area contributed by atoms with Crippen molar-refractivity contribution >= 4 is 21.8 Å². The van der Waals surface area contributed by atoms with Gasteiger partial charge in [-0.1, -0.05) is 29.3 Å². The molecular weight excluding hydrogens is 222 g/mol. The van der Waals surface area contributed by atoms with Crippen LogP contribution in [0.4, 0.5) is 0 Å². The number of hydrogen-bond acceptors (Lipinski definition) is 2. The number of alkyl halides is 1. The van der Waals surface area contributed by atoms with E-state index in [0.29, 0.717) is 13.0 Å². The van der Waals surface area contributed by atoms with Crippen LogP contribution in [0.25, 0.3) is 0 Å². The van der Waals surface area contributed by atoms with Crippen LogP contribution in [-0.4, -0.2) is 28.5 Å². The Morgan fingerprint density at radius 2 is 2.25 bits per heavy atom. The van der Waals surface area contributed by atoms with Crippen molar-refractivity contribution in [1.82, 2.24) is 5.32 Å². The van der Waals surface area contributed by atoms with Gasteiger partial charge in [0.25, 0.3) is 0 Å². The predicted molar refractivity (Wildman–Crippen MR) is 52.3 cm³/mol. The molecule has 0 bridgehead atoms. The molecule has 0 radical (unpaired) electrons. The van der Waals surface area contributed by atoms with Gasteiger partial charge in [0.05, 0.1) is 10.9 Å². The first-order valence-electron chi connectivity index (χ1n) is 4.07. The molecule has 0 rings (SSSR count). The number of carbonyl (C=O) groups excluding carboxylic acids is 1. The Labute approximate surface area is 81.7 Å². The molecule has 0 aromatic carbocycles. The molecule has 0 aliphatic carbocycles.